The third-order valence-corrected chi connectivity index (χ3v) is 3.11. The highest BCUT2D eigenvalue weighted by Crippen LogP contribution is 2.33. The van der Waals surface area contributed by atoms with Crippen LogP contribution in [0.1, 0.15) is 5.56 Å². The number of hydrogen-bond acceptors (Lipinski definition) is 2. The van der Waals surface area contributed by atoms with Crippen LogP contribution in [0.3, 0.4) is 0 Å². The van der Waals surface area contributed by atoms with E-state index in [-0.39, 0.29) is 10.6 Å². The molecule has 17 heavy (non-hydrogen) atoms. The SMILES string of the molecule is Cc1cccc([N+](=O)[O-])c1-c1ccc(Br)cc1. The fraction of sp³-hybridized carbons (Fsp3) is 0.0769. The lowest BCUT2D eigenvalue weighted by Gasteiger charge is -2.06. The summed E-state index contributed by atoms with van der Waals surface area (Å²) in [7, 11) is 0. The molecule has 4 heteroatoms. The predicted molar refractivity (Wildman–Crippen MR) is 71.0 cm³/mol. The van der Waals surface area contributed by atoms with Gasteiger partial charge in [0.25, 0.3) is 5.69 Å². The van der Waals surface area contributed by atoms with Crippen molar-refractivity contribution in [2.75, 3.05) is 0 Å². The van der Waals surface area contributed by atoms with Gasteiger partial charge in [0, 0.05) is 10.5 Å². The normalized spacial score (nSPS) is 10.2. The number of aryl methyl sites for hydroxylation is 1. The van der Waals surface area contributed by atoms with Crippen LogP contribution in [0.25, 0.3) is 11.1 Å². The summed E-state index contributed by atoms with van der Waals surface area (Å²) in [6.45, 7) is 1.88. The maximum atomic E-state index is 11.0. The maximum absolute atomic E-state index is 11.0. The molecule has 0 saturated carbocycles. The van der Waals surface area contributed by atoms with E-state index in [1.165, 1.54) is 6.07 Å². The van der Waals surface area contributed by atoms with Crippen molar-refractivity contribution in [1.29, 1.82) is 0 Å². The molecule has 0 unspecified atom stereocenters. The zero-order valence-corrected chi connectivity index (χ0v) is 10.8. The average Bonchev–Trinajstić information content (AvgIpc) is 2.30. The highest BCUT2D eigenvalue weighted by molar-refractivity contribution is 9.10. The van der Waals surface area contributed by atoms with Crippen molar-refractivity contribution < 1.29 is 4.92 Å². The quantitative estimate of drug-likeness (QED) is 0.610. The van der Waals surface area contributed by atoms with Gasteiger partial charge in [-0.15, -0.1) is 0 Å². The largest absolute Gasteiger partial charge is 0.277 e. The molecule has 3 nitrogen and oxygen atoms in total. The van der Waals surface area contributed by atoms with Gasteiger partial charge in [0.2, 0.25) is 0 Å². The molecule has 0 saturated heterocycles. The van der Waals surface area contributed by atoms with Gasteiger partial charge in [-0.25, -0.2) is 0 Å². The number of benzene rings is 2. The number of halogens is 1. The highest BCUT2D eigenvalue weighted by Gasteiger charge is 2.16. The zero-order valence-electron chi connectivity index (χ0n) is 9.18. The van der Waals surface area contributed by atoms with Crippen LogP contribution in [0.5, 0.6) is 0 Å². The van der Waals surface area contributed by atoms with Crippen molar-refractivity contribution in [3.63, 3.8) is 0 Å². The molecule has 0 aromatic heterocycles. The Labute approximate surface area is 107 Å². The molecule has 2 rings (SSSR count). The molecule has 0 aliphatic heterocycles. The second kappa shape index (κ2) is 4.67. The first kappa shape index (κ1) is 11.8. The first-order valence-electron chi connectivity index (χ1n) is 5.09. The molecule has 0 aliphatic carbocycles. The van der Waals surface area contributed by atoms with E-state index in [1.807, 2.05) is 37.3 Å². The van der Waals surface area contributed by atoms with Crippen LogP contribution < -0.4 is 0 Å². The molecular formula is C13H10BrNO2. The topological polar surface area (TPSA) is 43.1 Å². The van der Waals surface area contributed by atoms with E-state index in [2.05, 4.69) is 15.9 Å². The fourth-order valence-electron chi connectivity index (χ4n) is 1.80. The Balaban J connectivity index is 2.65. The summed E-state index contributed by atoms with van der Waals surface area (Å²) in [6.07, 6.45) is 0. The van der Waals surface area contributed by atoms with Gasteiger partial charge in [0.05, 0.1) is 10.5 Å². The summed E-state index contributed by atoms with van der Waals surface area (Å²) in [5.41, 5.74) is 2.59. The zero-order chi connectivity index (χ0) is 12.4. The lowest BCUT2D eigenvalue weighted by molar-refractivity contribution is -0.384. The Bertz CT molecular complexity index is 564. The van der Waals surface area contributed by atoms with Gasteiger partial charge in [0.15, 0.2) is 0 Å². The van der Waals surface area contributed by atoms with E-state index in [9.17, 15) is 10.1 Å². The first-order chi connectivity index (χ1) is 8.09. The third kappa shape index (κ3) is 2.36. The monoisotopic (exact) mass is 291 g/mol. The fourth-order valence-corrected chi connectivity index (χ4v) is 2.06. The number of hydrogen-bond donors (Lipinski definition) is 0. The van der Waals surface area contributed by atoms with Crippen LogP contribution in [-0.2, 0) is 0 Å². The Morgan fingerprint density at radius 3 is 2.35 bits per heavy atom. The van der Waals surface area contributed by atoms with Crippen LogP contribution in [-0.4, -0.2) is 4.92 Å². The molecule has 0 atom stereocenters. The Morgan fingerprint density at radius 1 is 1.12 bits per heavy atom. The van der Waals surface area contributed by atoms with Crippen molar-refractivity contribution in [2.24, 2.45) is 0 Å². The summed E-state index contributed by atoms with van der Waals surface area (Å²) in [6, 6.07) is 12.6. The number of nitro groups is 1. The molecule has 0 aliphatic rings. The van der Waals surface area contributed by atoms with Crippen molar-refractivity contribution in [3.8, 4) is 11.1 Å². The van der Waals surface area contributed by atoms with Crippen molar-refractivity contribution in [3.05, 3.63) is 62.6 Å². The molecule has 86 valence electrons. The highest BCUT2D eigenvalue weighted by atomic mass is 79.9. The van der Waals surface area contributed by atoms with Gasteiger partial charge in [-0.2, -0.15) is 0 Å². The van der Waals surface area contributed by atoms with E-state index < -0.39 is 0 Å². The van der Waals surface area contributed by atoms with Crippen LogP contribution in [0.4, 0.5) is 5.69 Å². The number of nitro benzene ring substituents is 1. The van der Waals surface area contributed by atoms with E-state index in [0.29, 0.717) is 5.56 Å². The molecule has 0 bridgehead atoms. The predicted octanol–water partition coefficient (Wildman–Crippen LogP) is 4.33. The van der Waals surface area contributed by atoms with E-state index in [1.54, 1.807) is 6.07 Å². The van der Waals surface area contributed by atoms with Crippen LogP contribution in [0.15, 0.2) is 46.9 Å². The molecular weight excluding hydrogens is 282 g/mol. The first-order valence-corrected chi connectivity index (χ1v) is 5.89. The van der Waals surface area contributed by atoms with Gasteiger partial charge < -0.3 is 0 Å². The molecule has 0 radical (unpaired) electrons. The standard InChI is InChI=1S/C13H10BrNO2/c1-9-3-2-4-12(15(16)17)13(9)10-5-7-11(14)8-6-10/h2-8H,1H3. The molecule has 0 fully saturated rings. The minimum Gasteiger partial charge on any atom is -0.258 e. The molecule has 0 heterocycles. The Hall–Kier alpha value is -1.68. The smallest absolute Gasteiger partial charge is 0.258 e. The lowest BCUT2D eigenvalue weighted by Crippen LogP contribution is -1.94. The number of rotatable bonds is 2. The number of nitrogens with zero attached hydrogens (tertiary/aromatic N) is 1. The van der Waals surface area contributed by atoms with Gasteiger partial charge in [-0.3, -0.25) is 10.1 Å². The van der Waals surface area contributed by atoms with Crippen LogP contribution in [0, 0.1) is 17.0 Å². The van der Waals surface area contributed by atoms with Gasteiger partial charge in [-0.05, 0) is 30.2 Å². The van der Waals surface area contributed by atoms with Crippen molar-refractivity contribution in [2.45, 2.75) is 6.92 Å². The van der Waals surface area contributed by atoms with E-state index >= 15 is 0 Å². The third-order valence-electron chi connectivity index (χ3n) is 2.58. The molecule has 0 spiro atoms. The molecule has 0 amide bonds. The average molecular weight is 292 g/mol. The van der Waals surface area contributed by atoms with Gasteiger partial charge >= 0.3 is 0 Å². The molecule has 0 N–H and O–H groups in total. The Morgan fingerprint density at radius 2 is 1.76 bits per heavy atom. The second-order valence-electron chi connectivity index (χ2n) is 3.73. The summed E-state index contributed by atoms with van der Waals surface area (Å²) in [5.74, 6) is 0. The minimum atomic E-state index is -0.343. The van der Waals surface area contributed by atoms with Gasteiger partial charge in [0.1, 0.15) is 0 Å². The van der Waals surface area contributed by atoms with Crippen LogP contribution >= 0.6 is 15.9 Å². The van der Waals surface area contributed by atoms with E-state index in [0.717, 1.165) is 15.6 Å². The Kier molecular flexibility index (Phi) is 3.24. The second-order valence-corrected chi connectivity index (χ2v) is 4.65. The van der Waals surface area contributed by atoms with Gasteiger partial charge in [-0.1, -0.05) is 40.2 Å². The summed E-state index contributed by atoms with van der Waals surface area (Å²) < 4.78 is 0.956. The molecule has 2 aromatic rings. The maximum Gasteiger partial charge on any atom is 0.277 e. The minimum absolute atomic E-state index is 0.146. The van der Waals surface area contributed by atoms with E-state index in [4.69, 9.17) is 0 Å². The summed E-state index contributed by atoms with van der Waals surface area (Å²) in [4.78, 5) is 10.7. The summed E-state index contributed by atoms with van der Waals surface area (Å²) >= 11 is 3.35. The van der Waals surface area contributed by atoms with Crippen LogP contribution in [0.2, 0.25) is 0 Å². The lowest BCUT2D eigenvalue weighted by atomic mass is 9.99. The molecule has 2 aromatic carbocycles. The van der Waals surface area contributed by atoms with Crippen molar-refractivity contribution >= 4 is 21.6 Å². The van der Waals surface area contributed by atoms with Crippen molar-refractivity contribution in [1.82, 2.24) is 0 Å². The summed E-state index contributed by atoms with van der Waals surface area (Å²) in [5, 5.41) is 11.0.